The van der Waals surface area contributed by atoms with Crippen molar-refractivity contribution >= 4 is 5.97 Å². The van der Waals surface area contributed by atoms with Crippen LogP contribution in [0.3, 0.4) is 0 Å². The molecule has 1 spiro atoms. The first-order valence-corrected chi connectivity index (χ1v) is 7.32. The second-order valence-electron chi connectivity index (χ2n) is 7.00. The molecule has 2 heteroatoms. The van der Waals surface area contributed by atoms with Crippen LogP contribution in [-0.2, 0) is 9.53 Å². The van der Waals surface area contributed by atoms with Crippen molar-refractivity contribution in [3.8, 4) is 0 Å². The molecule has 100 valence electrons. The Hall–Kier alpha value is -0.790. The summed E-state index contributed by atoms with van der Waals surface area (Å²) in [6.45, 7) is 8.92. The van der Waals surface area contributed by atoms with Gasteiger partial charge in [-0.3, -0.25) is 4.79 Å². The average Bonchev–Trinajstić information content (AvgIpc) is 2.55. The SMILES string of the molecule is CC1=CC23OC(=O)[C@H](C)C2CC[C@@H](C)[C@]3(C)CC1. The van der Waals surface area contributed by atoms with Crippen LogP contribution < -0.4 is 0 Å². The first-order valence-electron chi connectivity index (χ1n) is 7.32. The van der Waals surface area contributed by atoms with Crippen molar-refractivity contribution in [1.29, 1.82) is 0 Å². The molecule has 2 aliphatic carbocycles. The summed E-state index contributed by atoms with van der Waals surface area (Å²) in [5.74, 6) is 1.11. The van der Waals surface area contributed by atoms with Gasteiger partial charge in [-0.2, -0.15) is 0 Å². The van der Waals surface area contributed by atoms with Crippen LogP contribution in [-0.4, -0.2) is 11.6 Å². The third kappa shape index (κ3) is 1.27. The van der Waals surface area contributed by atoms with E-state index < -0.39 is 0 Å². The molecule has 1 heterocycles. The molecule has 1 saturated carbocycles. The molecular formula is C16H24O2. The van der Waals surface area contributed by atoms with Crippen LogP contribution in [0.1, 0.15) is 53.4 Å². The summed E-state index contributed by atoms with van der Waals surface area (Å²) < 4.78 is 6.00. The molecule has 1 saturated heterocycles. The van der Waals surface area contributed by atoms with Gasteiger partial charge in [-0.15, -0.1) is 0 Å². The first kappa shape index (κ1) is 12.3. The third-order valence-electron chi connectivity index (χ3n) is 6.19. The second-order valence-corrected chi connectivity index (χ2v) is 7.00. The predicted molar refractivity (Wildman–Crippen MR) is 71.0 cm³/mol. The van der Waals surface area contributed by atoms with E-state index in [2.05, 4.69) is 33.8 Å². The molecule has 0 aromatic carbocycles. The van der Waals surface area contributed by atoms with Gasteiger partial charge in [0.2, 0.25) is 0 Å². The van der Waals surface area contributed by atoms with Crippen LogP contribution in [0.15, 0.2) is 11.6 Å². The number of rotatable bonds is 0. The molecule has 0 amide bonds. The summed E-state index contributed by atoms with van der Waals surface area (Å²) in [6, 6.07) is 0. The molecule has 5 atom stereocenters. The quantitative estimate of drug-likeness (QED) is 0.482. The normalized spacial score (nSPS) is 51.2. The highest BCUT2D eigenvalue weighted by Crippen LogP contribution is 2.62. The van der Waals surface area contributed by atoms with Gasteiger partial charge in [0.15, 0.2) is 0 Å². The molecule has 0 radical (unpaired) electrons. The van der Waals surface area contributed by atoms with Crippen molar-refractivity contribution in [3.63, 3.8) is 0 Å². The van der Waals surface area contributed by atoms with E-state index >= 15 is 0 Å². The Balaban J connectivity index is 2.16. The van der Waals surface area contributed by atoms with Crippen LogP contribution in [0.5, 0.6) is 0 Å². The zero-order chi connectivity index (χ0) is 13.1. The van der Waals surface area contributed by atoms with Crippen molar-refractivity contribution in [2.75, 3.05) is 0 Å². The number of carbonyl (C=O) groups excluding carboxylic acids is 1. The first-order chi connectivity index (χ1) is 8.41. The standard InChI is InChI=1S/C16H24O2/c1-10-7-8-15(4)11(2)5-6-13-12(3)14(17)18-16(13,15)9-10/h9,11-13H,5-8H2,1-4H3/t11-,12-,13?,15+,16?/m1/s1. The van der Waals surface area contributed by atoms with Gasteiger partial charge in [0.1, 0.15) is 5.60 Å². The maximum Gasteiger partial charge on any atom is 0.310 e. The maximum atomic E-state index is 12.1. The van der Waals surface area contributed by atoms with Crippen LogP contribution in [0.2, 0.25) is 0 Å². The van der Waals surface area contributed by atoms with Crippen LogP contribution in [0.25, 0.3) is 0 Å². The van der Waals surface area contributed by atoms with Gasteiger partial charge in [-0.1, -0.05) is 26.3 Å². The molecule has 2 unspecified atom stereocenters. The minimum Gasteiger partial charge on any atom is -0.454 e. The molecule has 1 aliphatic heterocycles. The Bertz CT molecular complexity index is 425. The third-order valence-corrected chi connectivity index (χ3v) is 6.19. The summed E-state index contributed by atoms with van der Waals surface area (Å²) in [7, 11) is 0. The van der Waals surface area contributed by atoms with E-state index in [0.717, 1.165) is 19.3 Å². The number of allylic oxidation sites excluding steroid dienone is 1. The predicted octanol–water partition coefficient (Wildman–Crippen LogP) is 3.71. The van der Waals surface area contributed by atoms with Gasteiger partial charge in [-0.25, -0.2) is 0 Å². The fourth-order valence-electron chi connectivity index (χ4n) is 4.65. The maximum absolute atomic E-state index is 12.1. The smallest absolute Gasteiger partial charge is 0.310 e. The molecule has 2 fully saturated rings. The van der Waals surface area contributed by atoms with E-state index in [1.165, 1.54) is 12.0 Å². The molecule has 3 rings (SSSR count). The van der Waals surface area contributed by atoms with Crippen molar-refractivity contribution in [2.45, 2.75) is 59.0 Å². The number of ether oxygens (including phenoxy) is 1. The van der Waals surface area contributed by atoms with Crippen LogP contribution >= 0.6 is 0 Å². The lowest BCUT2D eigenvalue weighted by Gasteiger charge is -2.56. The van der Waals surface area contributed by atoms with Crippen LogP contribution in [0.4, 0.5) is 0 Å². The molecule has 18 heavy (non-hydrogen) atoms. The molecule has 3 aliphatic rings. The number of carbonyl (C=O) groups is 1. The molecule has 0 aromatic rings. The van der Waals surface area contributed by atoms with Crippen molar-refractivity contribution in [1.82, 2.24) is 0 Å². The summed E-state index contributed by atoms with van der Waals surface area (Å²) in [5, 5.41) is 0. The van der Waals surface area contributed by atoms with E-state index in [1.54, 1.807) is 0 Å². The molecule has 0 aromatic heterocycles. The van der Waals surface area contributed by atoms with E-state index in [-0.39, 0.29) is 22.9 Å². The molecular weight excluding hydrogens is 224 g/mol. The van der Waals surface area contributed by atoms with Crippen molar-refractivity contribution < 1.29 is 9.53 Å². The monoisotopic (exact) mass is 248 g/mol. The Morgan fingerprint density at radius 2 is 2.06 bits per heavy atom. The van der Waals surface area contributed by atoms with Gasteiger partial charge < -0.3 is 4.74 Å². The number of hydrogen-bond acceptors (Lipinski definition) is 2. The molecule has 0 bridgehead atoms. The lowest BCUT2D eigenvalue weighted by Crippen LogP contribution is -2.57. The summed E-state index contributed by atoms with van der Waals surface area (Å²) in [6.07, 6.45) is 6.98. The lowest BCUT2D eigenvalue weighted by atomic mass is 9.50. The van der Waals surface area contributed by atoms with E-state index in [1.807, 2.05) is 0 Å². The van der Waals surface area contributed by atoms with Crippen LogP contribution in [0, 0.1) is 23.2 Å². The van der Waals surface area contributed by atoms with Gasteiger partial charge in [0.25, 0.3) is 0 Å². The van der Waals surface area contributed by atoms with E-state index in [9.17, 15) is 4.79 Å². The van der Waals surface area contributed by atoms with Gasteiger partial charge in [0, 0.05) is 11.3 Å². The largest absolute Gasteiger partial charge is 0.454 e. The van der Waals surface area contributed by atoms with Gasteiger partial charge in [0.05, 0.1) is 5.92 Å². The van der Waals surface area contributed by atoms with E-state index in [4.69, 9.17) is 4.74 Å². The van der Waals surface area contributed by atoms with Crippen molar-refractivity contribution in [3.05, 3.63) is 11.6 Å². The fraction of sp³-hybridized carbons (Fsp3) is 0.812. The zero-order valence-corrected chi connectivity index (χ0v) is 12.0. The second kappa shape index (κ2) is 3.61. The molecule has 2 nitrogen and oxygen atoms in total. The minimum absolute atomic E-state index is 0.0197. The molecule has 0 N–H and O–H groups in total. The Labute approximate surface area is 110 Å². The van der Waals surface area contributed by atoms with E-state index in [0.29, 0.717) is 11.8 Å². The number of esters is 1. The highest BCUT2D eigenvalue weighted by atomic mass is 16.6. The van der Waals surface area contributed by atoms with Gasteiger partial charge >= 0.3 is 5.97 Å². The highest BCUT2D eigenvalue weighted by Gasteiger charge is 2.65. The Morgan fingerprint density at radius 1 is 1.33 bits per heavy atom. The fourth-order valence-corrected chi connectivity index (χ4v) is 4.65. The summed E-state index contributed by atoms with van der Waals surface area (Å²) in [4.78, 5) is 12.1. The Kier molecular flexibility index (Phi) is 2.46. The average molecular weight is 248 g/mol. The summed E-state index contributed by atoms with van der Waals surface area (Å²) >= 11 is 0. The minimum atomic E-state index is -0.302. The zero-order valence-electron chi connectivity index (χ0n) is 12.0. The topological polar surface area (TPSA) is 26.3 Å². The summed E-state index contributed by atoms with van der Waals surface area (Å²) in [5.41, 5.74) is 1.23. The lowest BCUT2D eigenvalue weighted by molar-refractivity contribution is -0.169. The van der Waals surface area contributed by atoms with Crippen molar-refractivity contribution in [2.24, 2.45) is 23.2 Å². The Morgan fingerprint density at radius 3 is 2.78 bits per heavy atom. The number of hydrogen-bond donors (Lipinski definition) is 0. The highest BCUT2D eigenvalue weighted by molar-refractivity contribution is 5.76. The van der Waals surface area contributed by atoms with Gasteiger partial charge in [-0.05, 0) is 44.6 Å².